The number of furan rings is 1. The average molecular weight is 288 g/mol. The van der Waals surface area contributed by atoms with Crippen LogP contribution >= 0.6 is 0 Å². The maximum atomic E-state index is 12.1. The molecule has 0 fully saturated rings. The fourth-order valence-corrected chi connectivity index (χ4v) is 1.85. The maximum absolute atomic E-state index is 12.1. The fourth-order valence-electron chi connectivity index (χ4n) is 1.85. The molecule has 1 aromatic heterocycles. The molecule has 1 atom stereocenters. The summed E-state index contributed by atoms with van der Waals surface area (Å²) in [7, 11) is 1.27. The first-order valence-electron chi connectivity index (χ1n) is 6.38. The van der Waals surface area contributed by atoms with E-state index >= 15 is 0 Å². The number of hydrogen-bond acceptors (Lipinski definition) is 5. The minimum absolute atomic E-state index is 0.0975. The highest BCUT2D eigenvalue weighted by Crippen LogP contribution is 2.16. The number of methoxy groups -OCH3 is 1. The molecule has 21 heavy (non-hydrogen) atoms. The van der Waals surface area contributed by atoms with Gasteiger partial charge in [0.1, 0.15) is 5.76 Å². The summed E-state index contributed by atoms with van der Waals surface area (Å²) >= 11 is 0. The van der Waals surface area contributed by atoms with Gasteiger partial charge in [0.2, 0.25) is 0 Å². The third-order valence-electron chi connectivity index (χ3n) is 2.93. The summed E-state index contributed by atoms with van der Waals surface area (Å²) in [5.41, 5.74) is 6.05. The topological polar surface area (TPSA) is 94.6 Å². The zero-order valence-corrected chi connectivity index (χ0v) is 11.5. The zero-order chi connectivity index (χ0) is 15.2. The largest absolute Gasteiger partial charge is 0.467 e. The van der Waals surface area contributed by atoms with Crippen LogP contribution in [-0.4, -0.2) is 19.0 Å². The van der Waals surface area contributed by atoms with Crippen molar-refractivity contribution in [2.24, 2.45) is 5.73 Å². The molecular weight excluding hydrogens is 272 g/mol. The Kier molecular flexibility index (Phi) is 4.73. The van der Waals surface area contributed by atoms with Gasteiger partial charge < -0.3 is 20.2 Å². The molecule has 2 rings (SSSR count). The van der Waals surface area contributed by atoms with Gasteiger partial charge in [0.05, 0.1) is 13.7 Å². The third-order valence-corrected chi connectivity index (χ3v) is 2.93. The quantitative estimate of drug-likeness (QED) is 0.811. The number of nitrogens with two attached hydrogens (primary N) is 1. The van der Waals surface area contributed by atoms with E-state index in [-0.39, 0.29) is 12.3 Å². The zero-order valence-electron chi connectivity index (χ0n) is 11.5. The lowest BCUT2D eigenvalue weighted by atomic mass is 10.1. The predicted octanol–water partition coefficient (Wildman–Crippen LogP) is 1.38. The molecule has 6 heteroatoms. The van der Waals surface area contributed by atoms with E-state index in [1.165, 1.54) is 13.2 Å². The van der Waals surface area contributed by atoms with E-state index in [0.717, 1.165) is 0 Å². The predicted molar refractivity (Wildman–Crippen MR) is 75.3 cm³/mol. The molecule has 0 bridgehead atoms. The molecule has 0 aliphatic heterocycles. The minimum atomic E-state index is -0.893. The van der Waals surface area contributed by atoms with Gasteiger partial charge in [-0.15, -0.1) is 0 Å². The van der Waals surface area contributed by atoms with E-state index in [1.54, 1.807) is 30.3 Å². The Hall–Kier alpha value is -2.60. The number of esters is 1. The summed E-state index contributed by atoms with van der Waals surface area (Å²) in [5.74, 6) is -0.469. The standard InChI is InChI=1S/C15H16N2O4/c1-20-15(19)13(10-5-3-2-4-6-10)17-14(18)12-8-7-11(9-16)21-12/h2-8,13H,9,16H2,1H3,(H,17,18). The van der Waals surface area contributed by atoms with Crippen LogP contribution in [0.2, 0.25) is 0 Å². The van der Waals surface area contributed by atoms with Crippen LogP contribution in [-0.2, 0) is 16.1 Å². The number of hydrogen-bond donors (Lipinski definition) is 2. The molecule has 0 saturated carbocycles. The highest BCUT2D eigenvalue weighted by Gasteiger charge is 2.25. The lowest BCUT2D eigenvalue weighted by Crippen LogP contribution is -2.34. The van der Waals surface area contributed by atoms with Gasteiger partial charge in [0, 0.05) is 0 Å². The van der Waals surface area contributed by atoms with Crippen molar-refractivity contribution in [3.8, 4) is 0 Å². The van der Waals surface area contributed by atoms with E-state index in [1.807, 2.05) is 6.07 Å². The van der Waals surface area contributed by atoms with Crippen LogP contribution in [0.4, 0.5) is 0 Å². The molecule has 1 heterocycles. The lowest BCUT2D eigenvalue weighted by molar-refractivity contribution is -0.143. The molecule has 2 aromatic rings. The summed E-state index contributed by atoms with van der Waals surface area (Å²) in [6.07, 6.45) is 0. The van der Waals surface area contributed by atoms with Gasteiger partial charge in [-0.05, 0) is 17.7 Å². The number of ether oxygens (including phenoxy) is 1. The van der Waals surface area contributed by atoms with Crippen molar-refractivity contribution in [2.75, 3.05) is 7.11 Å². The lowest BCUT2D eigenvalue weighted by Gasteiger charge is -2.16. The Labute approximate surface area is 121 Å². The summed E-state index contributed by atoms with van der Waals surface area (Å²) in [6.45, 7) is 0.201. The van der Waals surface area contributed by atoms with Crippen molar-refractivity contribution in [2.45, 2.75) is 12.6 Å². The van der Waals surface area contributed by atoms with Gasteiger partial charge in [-0.2, -0.15) is 0 Å². The number of benzene rings is 1. The first kappa shape index (κ1) is 14.8. The second-order valence-electron chi connectivity index (χ2n) is 4.31. The van der Waals surface area contributed by atoms with Crippen molar-refractivity contribution >= 4 is 11.9 Å². The van der Waals surface area contributed by atoms with Gasteiger partial charge in [-0.3, -0.25) is 4.79 Å². The molecule has 3 N–H and O–H groups in total. The van der Waals surface area contributed by atoms with Crippen LogP contribution in [0.3, 0.4) is 0 Å². The fraction of sp³-hybridized carbons (Fsp3) is 0.200. The van der Waals surface area contributed by atoms with Gasteiger partial charge in [0.15, 0.2) is 11.8 Å². The maximum Gasteiger partial charge on any atom is 0.333 e. The van der Waals surface area contributed by atoms with Crippen molar-refractivity contribution in [3.05, 3.63) is 59.5 Å². The first-order valence-corrected chi connectivity index (χ1v) is 6.38. The van der Waals surface area contributed by atoms with Crippen LogP contribution in [0.5, 0.6) is 0 Å². The number of nitrogens with one attached hydrogen (secondary N) is 1. The molecule has 0 aliphatic rings. The van der Waals surface area contributed by atoms with E-state index in [0.29, 0.717) is 11.3 Å². The van der Waals surface area contributed by atoms with Crippen LogP contribution in [0.1, 0.15) is 27.9 Å². The van der Waals surface area contributed by atoms with E-state index in [2.05, 4.69) is 5.32 Å². The molecule has 1 amide bonds. The highest BCUT2D eigenvalue weighted by molar-refractivity contribution is 5.94. The molecule has 6 nitrogen and oxygen atoms in total. The van der Waals surface area contributed by atoms with Gasteiger partial charge in [-0.25, -0.2) is 4.79 Å². The number of rotatable bonds is 5. The van der Waals surface area contributed by atoms with Crippen molar-refractivity contribution in [3.63, 3.8) is 0 Å². The third kappa shape index (κ3) is 3.49. The van der Waals surface area contributed by atoms with Crippen LogP contribution in [0, 0.1) is 0 Å². The molecule has 0 saturated heterocycles. The van der Waals surface area contributed by atoms with E-state index in [9.17, 15) is 9.59 Å². The van der Waals surface area contributed by atoms with Crippen molar-refractivity contribution < 1.29 is 18.7 Å². The van der Waals surface area contributed by atoms with Crippen LogP contribution in [0.25, 0.3) is 0 Å². The molecule has 1 aromatic carbocycles. The Balaban J connectivity index is 2.19. The molecule has 0 aliphatic carbocycles. The second-order valence-corrected chi connectivity index (χ2v) is 4.31. The van der Waals surface area contributed by atoms with E-state index < -0.39 is 17.9 Å². The van der Waals surface area contributed by atoms with E-state index in [4.69, 9.17) is 14.9 Å². The summed E-state index contributed by atoms with van der Waals surface area (Å²) < 4.78 is 9.98. The van der Waals surface area contributed by atoms with Crippen LogP contribution < -0.4 is 11.1 Å². The van der Waals surface area contributed by atoms with Gasteiger partial charge >= 0.3 is 5.97 Å². The van der Waals surface area contributed by atoms with Crippen molar-refractivity contribution in [1.82, 2.24) is 5.32 Å². The van der Waals surface area contributed by atoms with Crippen molar-refractivity contribution in [1.29, 1.82) is 0 Å². The monoisotopic (exact) mass is 288 g/mol. The average Bonchev–Trinajstić information content (AvgIpc) is 3.01. The Morgan fingerprint density at radius 1 is 1.24 bits per heavy atom. The molecular formula is C15H16N2O4. The summed E-state index contributed by atoms with van der Waals surface area (Å²) in [6, 6.07) is 11.1. The minimum Gasteiger partial charge on any atom is -0.467 e. The smallest absolute Gasteiger partial charge is 0.333 e. The highest BCUT2D eigenvalue weighted by atomic mass is 16.5. The molecule has 110 valence electrons. The summed E-state index contributed by atoms with van der Waals surface area (Å²) in [4.78, 5) is 24.0. The van der Waals surface area contributed by atoms with Gasteiger partial charge in [-0.1, -0.05) is 30.3 Å². The normalized spacial score (nSPS) is 11.7. The molecule has 0 radical (unpaired) electrons. The number of amides is 1. The van der Waals surface area contributed by atoms with Crippen LogP contribution in [0.15, 0.2) is 46.9 Å². The van der Waals surface area contributed by atoms with Gasteiger partial charge in [0.25, 0.3) is 5.91 Å². The second kappa shape index (κ2) is 6.71. The number of carbonyl (C=O) groups is 2. The number of carbonyl (C=O) groups excluding carboxylic acids is 2. The molecule has 0 spiro atoms. The Bertz CT molecular complexity index is 622. The summed E-state index contributed by atoms with van der Waals surface area (Å²) in [5, 5.41) is 2.59. The Morgan fingerprint density at radius 2 is 1.95 bits per heavy atom. The molecule has 1 unspecified atom stereocenters. The SMILES string of the molecule is COC(=O)C(NC(=O)c1ccc(CN)o1)c1ccccc1. The Morgan fingerprint density at radius 3 is 2.52 bits per heavy atom. The first-order chi connectivity index (χ1) is 10.2.